The molecule has 0 aliphatic carbocycles. The molecule has 0 aromatic carbocycles. The summed E-state index contributed by atoms with van der Waals surface area (Å²) in [6, 6.07) is 0. The molecule has 1 atom stereocenters. The second kappa shape index (κ2) is 6.01. The molecular formula is C11H18N2O2. The maximum Gasteiger partial charge on any atom is 0.244 e. The highest BCUT2D eigenvalue weighted by Gasteiger charge is 2.02. The standard InChI is InChI=1S/C11H18N2O2/c1-7(6-9(3)11(13)15)4-5-8(2)10(12)14/h5-7H,4H2,1-3H3,(H2,12,14)(H2,13,15). The van der Waals surface area contributed by atoms with Gasteiger partial charge in [-0.2, -0.15) is 0 Å². The number of primary amides is 2. The van der Waals surface area contributed by atoms with Gasteiger partial charge in [0.1, 0.15) is 0 Å². The zero-order valence-electron chi connectivity index (χ0n) is 9.41. The molecule has 0 rings (SSSR count). The molecule has 1 unspecified atom stereocenters. The van der Waals surface area contributed by atoms with Crippen LogP contribution in [0.15, 0.2) is 23.3 Å². The fourth-order valence-electron chi connectivity index (χ4n) is 1.04. The Kier molecular flexibility index (Phi) is 5.37. The van der Waals surface area contributed by atoms with Crippen LogP contribution >= 0.6 is 0 Å². The van der Waals surface area contributed by atoms with Gasteiger partial charge in [0.05, 0.1) is 0 Å². The number of amides is 2. The van der Waals surface area contributed by atoms with E-state index in [-0.39, 0.29) is 5.92 Å². The van der Waals surface area contributed by atoms with Crippen LogP contribution in [0, 0.1) is 5.92 Å². The number of hydrogen-bond acceptors (Lipinski definition) is 2. The lowest BCUT2D eigenvalue weighted by molar-refractivity contribution is -0.115. The van der Waals surface area contributed by atoms with Crippen LogP contribution in [-0.2, 0) is 9.59 Å². The summed E-state index contributed by atoms with van der Waals surface area (Å²) in [6.07, 6.45) is 4.21. The fourth-order valence-corrected chi connectivity index (χ4v) is 1.04. The van der Waals surface area contributed by atoms with Crippen LogP contribution in [0.3, 0.4) is 0 Å². The summed E-state index contributed by atoms with van der Waals surface area (Å²) < 4.78 is 0. The molecule has 0 aliphatic heterocycles. The van der Waals surface area contributed by atoms with Gasteiger partial charge in [-0.25, -0.2) is 0 Å². The first-order chi connectivity index (χ1) is 6.84. The summed E-state index contributed by atoms with van der Waals surface area (Å²) >= 11 is 0. The van der Waals surface area contributed by atoms with Crippen molar-refractivity contribution >= 4 is 11.8 Å². The highest BCUT2D eigenvalue weighted by Crippen LogP contribution is 2.09. The minimum Gasteiger partial charge on any atom is -0.366 e. The molecule has 0 saturated carbocycles. The first kappa shape index (κ1) is 13.4. The van der Waals surface area contributed by atoms with Gasteiger partial charge >= 0.3 is 0 Å². The third-order valence-corrected chi connectivity index (χ3v) is 2.11. The van der Waals surface area contributed by atoms with Crippen molar-refractivity contribution in [3.05, 3.63) is 23.3 Å². The second-order valence-electron chi connectivity index (χ2n) is 3.68. The summed E-state index contributed by atoms with van der Waals surface area (Å²) in [7, 11) is 0. The summed E-state index contributed by atoms with van der Waals surface area (Å²) in [6.45, 7) is 5.28. The summed E-state index contributed by atoms with van der Waals surface area (Å²) in [5, 5.41) is 0. The van der Waals surface area contributed by atoms with Crippen molar-refractivity contribution in [2.24, 2.45) is 17.4 Å². The van der Waals surface area contributed by atoms with Crippen molar-refractivity contribution in [1.82, 2.24) is 0 Å². The largest absolute Gasteiger partial charge is 0.366 e. The number of carbonyl (C=O) groups is 2. The van der Waals surface area contributed by atoms with Crippen LogP contribution in [-0.4, -0.2) is 11.8 Å². The van der Waals surface area contributed by atoms with E-state index in [4.69, 9.17) is 11.5 Å². The number of allylic oxidation sites excluding steroid dienone is 2. The van der Waals surface area contributed by atoms with Gasteiger partial charge in [0.2, 0.25) is 11.8 Å². The highest BCUT2D eigenvalue weighted by molar-refractivity contribution is 5.91. The number of nitrogens with two attached hydrogens (primary N) is 2. The first-order valence-electron chi connectivity index (χ1n) is 4.79. The smallest absolute Gasteiger partial charge is 0.244 e. The lowest BCUT2D eigenvalue weighted by Gasteiger charge is -2.04. The van der Waals surface area contributed by atoms with E-state index in [2.05, 4.69) is 0 Å². The van der Waals surface area contributed by atoms with Crippen LogP contribution in [0.4, 0.5) is 0 Å². The molecular weight excluding hydrogens is 192 g/mol. The Labute approximate surface area is 90.0 Å². The molecule has 0 aromatic rings. The quantitative estimate of drug-likeness (QED) is 0.660. The molecule has 0 bridgehead atoms. The maximum atomic E-state index is 10.7. The van der Waals surface area contributed by atoms with Gasteiger partial charge in [-0.15, -0.1) is 0 Å². The van der Waals surface area contributed by atoms with E-state index in [1.54, 1.807) is 26.0 Å². The van der Waals surface area contributed by atoms with Crippen molar-refractivity contribution in [2.75, 3.05) is 0 Å². The summed E-state index contributed by atoms with van der Waals surface area (Å²) in [5.41, 5.74) is 11.2. The minimum absolute atomic E-state index is 0.159. The van der Waals surface area contributed by atoms with Crippen molar-refractivity contribution in [2.45, 2.75) is 27.2 Å². The molecule has 4 heteroatoms. The van der Waals surface area contributed by atoms with Crippen LogP contribution in [0.2, 0.25) is 0 Å². The zero-order chi connectivity index (χ0) is 12.0. The number of carbonyl (C=O) groups excluding carboxylic acids is 2. The molecule has 0 radical (unpaired) electrons. The average molecular weight is 210 g/mol. The van der Waals surface area contributed by atoms with E-state index in [1.807, 2.05) is 6.92 Å². The van der Waals surface area contributed by atoms with Gasteiger partial charge in [0.15, 0.2) is 0 Å². The van der Waals surface area contributed by atoms with E-state index in [0.717, 1.165) is 0 Å². The van der Waals surface area contributed by atoms with Gasteiger partial charge in [-0.3, -0.25) is 9.59 Å². The zero-order valence-corrected chi connectivity index (χ0v) is 9.41. The lowest BCUT2D eigenvalue weighted by Crippen LogP contribution is -2.13. The minimum atomic E-state index is -0.419. The fraction of sp³-hybridized carbons (Fsp3) is 0.455. The van der Waals surface area contributed by atoms with Crippen molar-refractivity contribution in [3.63, 3.8) is 0 Å². The first-order valence-corrected chi connectivity index (χ1v) is 4.79. The summed E-state index contributed by atoms with van der Waals surface area (Å²) in [5.74, 6) is -0.679. The van der Waals surface area contributed by atoms with Gasteiger partial charge in [0, 0.05) is 11.1 Å². The average Bonchev–Trinajstić information content (AvgIpc) is 2.13. The van der Waals surface area contributed by atoms with E-state index in [0.29, 0.717) is 17.6 Å². The molecule has 0 aliphatic rings. The number of rotatable bonds is 5. The molecule has 2 amide bonds. The topological polar surface area (TPSA) is 86.2 Å². The molecule has 0 heterocycles. The Balaban J connectivity index is 4.34. The molecule has 0 saturated heterocycles. The molecule has 84 valence electrons. The van der Waals surface area contributed by atoms with E-state index < -0.39 is 11.8 Å². The van der Waals surface area contributed by atoms with Gasteiger partial charge in [0.25, 0.3) is 0 Å². The van der Waals surface area contributed by atoms with Crippen LogP contribution in [0.1, 0.15) is 27.2 Å². The third kappa shape index (κ3) is 5.67. The van der Waals surface area contributed by atoms with E-state index >= 15 is 0 Å². The van der Waals surface area contributed by atoms with Crippen LogP contribution in [0.25, 0.3) is 0 Å². The van der Waals surface area contributed by atoms with E-state index in [9.17, 15) is 9.59 Å². The van der Waals surface area contributed by atoms with Crippen molar-refractivity contribution in [3.8, 4) is 0 Å². The lowest BCUT2D eigenvalue weighted by atomic mass is 10.0. The van der Waals surface area contributed by atoms with Crippen molar-refractivity contribution < 1.29 is 9.59 Å². The molecule has 4 N–H and O–H groups in total. The molecule has 0 fully saturated rings. The Morgan fingerprint density at radius 2 is 1.60 bits per heavy atom. The predicted molar refractivity (Wildman–Crippen MR) is 59.7 cm³/mol. The Hall–Kier alpha value is -1.58. The van der Waals surface area contributed by atoms with Gasteiger partial charge in [-0.1, -0.05) is 19.1 Å². The Morgan fingerprint density at radius 1 is 1.13 bits per heavy atom. The molecule has 4 nitrogen and oxygen atoms in total. The SMILES string of the molecule is CC(=CCC(C)C=C(C)C(N)=O)C(N)=O. The normalized spacial score (nSPS) is 14.9. The summed E-state index contributed by atoms with van der Waals surface area (Å²) in [4.78, 5) is 21.5. The molecule has 0 spiro atoms. The monoisotopic (exact) mass is 210 g/mol. The molecule has 15 heavy (non-hydrogen) atoms. The second-order valence-corrected chi connectivity index (χ2v) is 3.68. The van der Waals surface area contributed by atoms with Crippen molar-refractivity contribution in [1.29, 1.82) is 0 Å². The van der Waals surface area contributed by atoms with E-state index in [1.165, 1.54) is 0 Å². The predicted octanol–water partition coefficient (Wildman–Crippen LogP) is 0.876. The Morgan fingerprint density at radius 3 is 2.00 bits per heavy atom. The Bertz CT molecular complexity index is 317. The van der Waals surface area contributed by atoms with Crippen LogP contribution in [0.5, 0.6) is 0 Å². The highest BCUT2D eigenvalue weighted by atomic mass is 16.1. The molecule has 0 aromatic heterocycles. The number of hydrogen-bond donors (Lipinski definition) is 2. The van der Waals surface area contributed by atoms with Gasteiger partial charge in [-0.05, 0) is 26.2 Å². The van der Waals surface area contributed by atoms with Gasteiger partial charge < -0.3 is 11.5 Å². The third-order valence-electron chi connectivity index (χ3n) is 2.11. The maximum absolute atomic E-state index is 10.7. The van der Waals surface area contributed by atoms with Crippen LogP contribution < -0.4 is 11.5 Å².